The van der Waals surface area contributed by atoms with Crippen molar-refractivity contribution < 1.29 is 18.7 Å². The standard InChI is InChI=1S/C24H28N2O5/c1-14-19(7-6-17-16-4-3-5-18(16)23(29)31-21(14)17)30-15(2)22(28)26-10-8-24(9-11-26)12-20(27)25-13-24/h6-7,15H,3-5,8-13H2,1-2H3,(H,25,27). The van der Waals surface area contributed by atoms with Crippen LogP contribution in [0.25, 0.3) is 11.0 Å². The van der Waals surface area contributed by atoms with E-state index < -0.39 is 6.10 Å². The molecule has 7 heteroatoms. The number of amides is 2. The van der Waals surface area contributed by atoms with Crippen LogP contribution in [0.15, 0.2) is 21.3 Å². The second-order valence-corrected chi connectivity index (χ2v) is 9.30. The molecule has 1 spiro atoms. The Hall–Kier alpha value is -2.83. The number of nitrogens with zero attached hydrogens (tertiary/aromatic N) is 1. The van der Waals surface area contributed by atoms with E-state index in [2.05, 4.69) is 5.32 Å². The summed E-state index contributed by atoms with van der Waals surface area (Å²) in [4.78, 5) is 38.8. The zero-order valence-electron chi connectivity index (χ0n) is 18.1. The number of carbonyl (C=O) groups excluding carboxylic acids is 2. The van der Waals surface area contributed by atoms with E-state index in [0.717, 1.165) is 54.2 Å². The minimum Gasteiger partial charge on any atom is -0.480 e. The molecule has 1 aliphatic carbocycles. The van der Waals surface area contributed by atoms with E-state index in [1.807, 2.05) is 24.0 Å². The summed E-state index contributed by atoms with van der Waals surface area (Å²) in [5.41, 5.74) is 2.94. The molecule has 0 radical (unpaired) electrons. The van der Waals surface area contributed by atoms with Crippen LogP contribution in [0.1, 0.15) is 49.3 Å². The second-order valence-electron chi connectivity index (χ2n) is 9.30. The summed E-state index contributed by atoms with van der Waals surface area (Å²) in [5, 5.41) is 3.89. The van der Waals surface area contributed by atoms with Crippen molar-refractivity contribution >= 4 is 22.8 Å². The third kappa shape index (κ3) is 3.40. The molecular weight excluding hydrogens is 396 g/mol. The predicted molar refractivity (Wildman–Crippen MR) is 115 cm³/mol. The van der Waals surface area contributed by atoms with Crippen molar-refractivity contribution in [3.8, 4) is 5.75 Å². The van der Waals surface area contributed by atoms with Gasteiger partial charge in [0, 0.05) is 42.6 Å². The minimum absolute atomic E-state index is 0.00466. The van der Waals surface area contributed by atoms with Crippen LogP contribution >= 0.6 is 0 Å². The van der Waals surface area contributed by atoms with Crippen LogP contribution in [0.3, 0.4) is 0 Å². The van der Waals surface area contributed by atoms with Gasteiger partial charge in [0.25, 0.3) is 5.91 Å². The van der Waals surface area contributed by atoms with Gasteiger partial charge >= 0.3 is 5.63 Å². The topological polar surface area (TPSA) is 88.9 Å². The third-order valence-corrected chi connectivity index (χ3v) is 7.32. The Morgan fingerprint density at radius 3 is 2.65 bits per heavy atom. The highest BCUT2D eigenvalue weighted by atomic mass is 16.5. The summed E-state index contributed by atoms with van der Waals surface area (Å²) < 4.78 is 11.7. The Labute approximate surface area is 180 Å². The number of benzene rings is 1. The number of nitrogens with one attached hydrogen (secondary N) is 1. The van der Waals surface area contributed by atoms with E-state index >= 15 is 0 Å². The van der Waals surface area contributed by atoms with Crippen LogP contribution in [0, 0.1) is 12.3 Å². The second kappa shape index (κ2) is 7.39. The van der Waals surface area contributed by atoms with Gasteiger partial charge in [-0.3, -0.25) is 9.59 Å². The van der Waals surface area contributed by atoms with Crippen molar-refractivity contribution in [2.75, 3.05) is 19.6 Å². The molecule has 164 valence electrons. The zero-order chi connectivity index (χ0) is 21.8. The fraction of sp³-hybridized carbons (Fsp3) is 0.542. The average molecular weight is 424 g/mol. The molecule has 2 amide bonds. The molecule has 3 heterocycles. The highest BCUT2D eigenvalue weighted by molar-refractivity contribution is 5.87. The maximum atomic E-state index is 13.0. The van der Waals surface area contributed by atoms with Crippen molar-refractivity contribution in [2.24, 2.45) is 5.41 Å². The molecular formula is C24H28N2O5. The van der Waals surface area contributed by atoms with Gasteiger partial charge in [0.1, 0.15) is 11.3 Å². The van der Waals surface area contributed by atoms with Crippen molar-refractivity contribution in [3.63, 3.8) is 0 Å². The van der Waals surface area contributed by atoms with Gasteiger partial charge in [0.05, 0.1) is 0 Å². The van der Waals surface area contributed by atoms with Gasteiger partial charge in [0.2, 0.25) is 5.91 Å². The van der Waals surface area contributed by atoms with Gasteiger partial charge in [-0.1, -0.05) is 0 Å². The molecule has 1 aromatic carbocycles. The van der Waals surface area contributed by atoms with E-state index in [1.165, 1.54) is 0 Å². The van der Waals surface area contributed by atoms with E-state index in [1.54, 1.807) is 6.92 Å². The van der Waals surface area contributed by atoms with Gasteiger partial charge in [-0.2, -0.15) is 0 Å². The lowest BCUT2D eigenvalue weighted by Gasteiger charge is -2.39. The first-order valence-corrected chi connectivity index (χ1v) is 11.2. The molecule has 3 aliphatic rings. The Bertz CT molecular complexity index is 1130. The van der Waals surface area contributed by atoms with Crippen LogP contribution in [-0.2, 0) is 22.4 Å². The van der Waals surface area contributed by atoms with Crippen LogP contribution in [-0.4, -0.2) is 42.5 Å². The quantitative estimate of drug-likeness (QED) is 0.765. The number of fused-ring (bicyclic) bond motifs is 3. The van der Waals surface area contributed by atoms with Crippen LogP contribution in [0.5, 0.6) is 5.75 Å². The van der Waals surface area contributed by atoms with Crippen molar-refractivity contribution in [1.29, 1.82) is 0 Å². The highest BCUT2D eigenvalue weighted by Gasteiger charge is 2.42. The molecule has 7 nitrogen and oxygen atoms in total. The monoisotopic (exact) mass is 424 g/mol. The van der Waals surface area contributed by atoms with Crippen LogP contribution in [0.4, 0.5) is 0 Å². The van der Waals surface area contributed by atoms with Gasteiger partial charge in [0.15, 0.2) is 6.10 Å². The maximum Gasteiger partial charge on any atom is 0.339 e. The molecule has 1 atom stereocenters. The molecule has 0 bridgehead atoms. The number of carbonyl (C=O) groups is 2. The van der Waals surface area contributed by atoms with Crippen molar-refractivity contribution in [1.82, 2.24) is 10.2 Å². The van der Waals surface area contributed by atoms with Gasteiger partial charge in [-0.05, 0) is 69.1 Å². The molecule has 2 aromatic rings. The summed E-state index contributed by atoms with van der Waals surface area (Å²) in [6.45, 7) is 5.62. The Balaban J connectivity index is 1.31. The SMILES string of the molecule is Cc1c(OC(C)C(=O)N2CCC3(CC2)CNC(=O)C3)ccc2c3c(c(=O)oc12)CCC3. The van der Waals surface area contributed by atoms with Gasteiger partial charge < -0.3 is 19.4 Å². The molecule has 2 fully saturated rings. The predicted octanol–water partition coefficient (Wildman–Crippen LogP) is 2.49. The first kappa shape index (κ1) is 20.1. The zero-order valence-corrected chi connectivity index (χ0v) is 18.1. The lowest BCUT2D eigenvalue weighted by Crippen LogP contribution is -2.48. The van der Waals surface area contributed by atoms with E-state index in [-0.39, 0.29) is 22.9 Å². The molecule has 1 N–H and O–H groups in total. The Morgan fingerprint density at radius 1 is 1.19 bits per heavy atom. The van der Waals surface area contributed by atoms with Gasteiger partial charge in [-0.15, -0.1) is 0 Å². The van der Waals surface area contributed by atoms with Crippen molar-refractivity contribution in [3.05, 3.63) is 39.2 Å². The normalized spacial score (nSPS) is 20.7. The fourth-order valence-electron chi connectivity index (χ4n) is 5.40. The summed E-state index contributed by atoms with van der Waals surface area (Å²) in [6, 6.07) is 3.82. The number of hydrogen-bond donors (Lipinski definition) is 1. The third-order valence-electron chi connectivity index (χ3n) is 7.32. The smallest absolute Gasteiger partial charge is 0.339 e. The highest BCUT2D eigenvalue weighted by Crippen LogP contribution is 2.38. The number of piperidine rings is 1. The molecule has 2 saturated heterocycles. The number of ether oxygens (including phenoxy) is 1. The molecule has 2 aliphatic heterocycles. The minimum atomic E-state index is -0.644. The Kier molecular flexibility index (Phi) is 4.79. The lowest BCUT2D eigenvalue weighted by atomic mass is 9.77. The van der Waals surface area contributed by atoms with Crippen molar-refractivity contribution in [2.45, 2.75) is 58.5 Å². The van der Waals surface area contributed by atoms with Gasteiger partial charge in [-0.25, -0.2) is 4.79 Å². The first-order chi connectivity index (χ1) is 14.9. The summed E-state index contributed by atoms with van der Waals surface area (Å²) in [7, 11) is 0. The maximum absolute atomic E-state index is 13.0. The lowest BCUT2D eigenvalue weighted by molar-refractivity contribution is -0.140. The summed E-state index contributed by atoms with van der Waals surface area (Å²) in [6.07, 6.45) is 4.22. The molecule has 31 heavy (non-hydrogen) atoms. The van der Waals surface area contributed by atoms with E-state index in [9.17, 15) is 14.4 Å². The number of likely N-dealkylation sites (tertiary alicyclic amines) is 1. The largest absolute Gasteiger partial charge is 0.480 e. The molecule has 1 unspecified atom stereocenters. The van der Waals surface area contributed by atoms with E-state index in [0.29, 0.717) is 37.4 Å². The summed E-state index contributed by atoms with van der Waals surface area (Å²) in [5.74, 6) is 0.621. The average Bonchev–Trinajstić information content (AvgIpc) is 3.38. The number of hydrogen-bond acceptors (Lipinski definition) is 5. The number of aryl methyl sites for hydroxylation is 2. The number of rotatable bonds is 3. The van der Waals surface area contributed by atoms with E-state index in [4.69, 9.17) is 9.15 Å². The fourth-order valence-corrected chi connectivity index (χ4v) is 5.40. The Morgan fingerprint density at radius 2 is 1.94 bits per heavy atom. The molecule has 1 aromatic heterocycles. The van der Waals surface area contributed by atoms with Crippen LogP contribution < -0.4 is 15.7 Å². The van der Waals surface area contributed by atoms with Crippen LogP contribution in [0.2, 0.25) is 0 Å². The first-order valence-electron chi connectivity index (χ1n) is 11.2. The molecule has 0 saturated carbocycles. The molecule has 5 rings (SSSR count). The summed E-state index contributed by atoms with van der Waals surface area (Å²) >= 11 is 0.